The largest absolute Gasteiger partial charge is 0.494 e. The van der Waals surface area contributed by atoms with Crippen LogP contribution >= 0.6 is 15.9 Å². The Bertz CT molecular complexity index is 2580. The molecule has 1 aliphatic rings. The Morgan fingerprint density at radius 3 is 1.62 bits per heavy atom. The molecule has 0 amide bonds. The van der Waals surface area contributed by atoms with Crippen LogP contribution in [-0.2, 0) is 0 Å². The van der Waals surface area contributed by atoms with Crippen molar-refractivity contribution >= 4 is 43.8 Å². The number of ether oxygens (including phenoxy) is 1. The standard InChI is InChI=1S/C52H42BrNO/c1-2-3-4-11-35-55-44-30-28-43(29-31-44)54(42-26-22-40(53)23-27-42)41-24-19-38(20-25-41)46-32-21-39-17-12-18-48-49(39)51(46)52-47(37-15-9-6-10-16-37)34-33-45(50(48)52)36-13-7-5-8-14-36/h5-10,12-34H,2-4,11,35H2,1H3. The third-order valence-corrected chi connectivity index (χ3v) is 11.4. The van der Waals surface area contributed by atoms with Crippen LogP contribution in [0.1, 0.15) is 32.6 Å². The van der Waals surface area contributed by atoms with Gasteiger partial charge < -0.3 is 9.64 Å². The molecule has 268 valence electrons. The van der Waals surface area contributed by atoms with Crippen LogP contribution in [0.3, 0.4) is 0 Å². The first kappa shape index (κ1) is 34.8. The van der Waals surface area contributed by atoms with Crippen LogP contribution in [0.15, 0.2) is 180 Å². The van der Waals surface area contributed by atoms with Crippen molar-refractivity contribution in [1.29, 1.82) is 0 Å². The van der Waals surface area contributed by atoms with Gasteiger partial charge in [-0.15, -0.1) is 0 Å². The summed E-state index contributed by atoms with van der Waals surface area (Å²) in [5.41, 5.74) is 15.9. The molecule has 3 heteroatoms. The van der Waals surface area contributed by atoms with Gasteiger partial charge in [0.1, 0.15) is 5.75 Å². The lowest BCUT2D eigenvalue weighted by Gasteiger charge is -2.26. The molecular weight excluding hydrogens is 734 g/mol. The minimum absolute atomic E-state index is 0.750. The fraction of sp³-hybridized carbons (Fsp3) is 0.115. The second kappa shape index (κ2) is 15.5. The normalized spacial score (nSPS) is 11.5. The van der Waals surface area contributed by atoms with E-state index < -0.39 is 0 Å². The van der Waals surface area contributed by atoms with E-state index in [9.17, 15) is 0 Å². The highest BCUT2D eigenvalue weighted by atomic mass is 79.9. The van der Waals surface area contributed by atoms with Gasteiger partial charge in [-0.25, -0.2) is 0 Å². The molecule has 0 bridgehead atoms. The Balaban J connectivity index is 1.15. The van der Waals surface area contributed by atoms with Gasteiger partial charge in [0.05, 0.1) is 6.61 Å². The number of fused-ring (bicyclic) bond motifs is 3. The second-order valence-electron chi connectivity index (χ2n) is 14.3. The lowest BCUT2D eigenvalue weighted by Crippen LogP contribution is -2.10. The Morgan fingerprint density at radius 1 is 0.436 bits per heavy atom. The van der Waals surface area contributed by atoms with Crippen LogP contribution in [0.2, 0.25) is 0 Å². The van der Waals surface area contributed by atoms with Gasteiger partial charge in [-0.05, 0) is 133 Å². The highest BCUT2D eigenvalue weighted by Gasteiger charge is 2.30. The second-order valence-corrected chi connectivity index (χ2v) is 15.2. The number of hydrogen-bond donors (Lipinski definition) is 0. The van der Waals surface area contributed by atoms with Crippen molar-refractivity contribution in [3.63, 3.8) is 0 Å². The molecule has 9 rings (SSSR count). The average Bonchev–Trinajstić information content (AvgIpc) is 3.59. The SMILES string of the molecule is CCCCCCOc1ccc(N(c2ccc(Br)cc2)c2ccc(-c3ccc4cccc5c4c3-c3c(-c4ccccc4)ccc(-c4ccccc4)c3-5)cc2)cc1. The Kier molecular flexibility index (Phi) is 9.79. The van der Waals surface area contributed by atoms with Crippen molar-refractivity contribution in [3.05, 3.63) is 180 Å². The molecule has 55 heavy (non-hydrogen) atoms. The predicted octanol–water partition coefficient (Wildman–Crippen LogP) is 15.7. The summed E-state index contributed by atoms with van der Waals surface area (Å²) < 4.78 is 7.16. The summed E-state index contributed by atoms with van der Waals surface area (Å²) in [5, 5.41) is 2.58. The van der Waals surface area contributed by atoms with E-state index in [1.165, 1.54) is 85.7 Å². The third kappa shape index (κ3) is 6.75. The maximum absolute atomic E-state index is 6.11. The van der Waals surface area contributed by atoms with Crippen molar-refractivity contribution in [3.8, 4) is 61.4 Å². The molecule has 0 atom stereocenters. The number of hydrogen-bond acceptors (Lipinski definition) is 2. The molecule has 0 radical (unpaired) electrons. The predicted molar refractivity (Wildman–Crippen MR) is 237 cm³/mol. The van der Waals surface area contributed by atoms with Crippen LogP contribution in [0.5, 0.6) is 5.75 Å². The average molecular weight is 777 g/mol. The number of anilines is 3. The topological polar surface area (TPSA) is 12.5 Å². The molecule has 0 N–H and O–H groups in total. The van der Waals surface area contributed by atoms with E-state index in [4.69, 9.17) is 4.74 Å². The number of benzene rings is 8. The minimum atomic E-state index is 0.750. The summed E-state index contributed by atoms with van der Waals surface area (Å²) in [6.45, 7) is 2.99. The van der Waals surface area contributed by atoms with Crippen LogP contribution in [0.4, 0.5) is 17.1 Å². The summed E-state index contributed by atoms with van der Waals surface area (Å²) in [6.07, 6.45) is 4.77. The number of unbranched alkanes of at least 4 members (excludes halogenated alkanes) is 3. The van der Waals surface area contributed by atoms with E-state index in [-0.39, 0.29) is 0 Å². The molecule has 2 nitrogen and oxygen atoms in total. The summed E-state index contributed by atoms with van der Waals surface area (Å²) in [5.74, 6) is 0.908. The molecular formula is C52H42BrNO. The first-order valence-corrected chi connectivity index (χ1v) is 20.2. The van der Waals surface area contributed by atoms with Gasteiger partial charge in [0.2, 0.25) is 0 Å². The molecule has 8 aromatic carbocycles. The van der Waals surface area contributed by atoms with Gasteiger partial charge in [0.15, 0.2) is 0 Å². The monoisotopic (exact) mass is 775 g/mol. The summed E-state index contributed by atoms with van der Waals surface area (Å²) in [6, 6.07) is 63.8. The summed E-state index contributed by atoms with van der Waals surface area (Å²) in [7, 11) is 0. The summed E-state index contributed by atoms with van der Waals surface area (Å²) in [4.78, 5) is 2.31. The van der Waals surface area contributed by atoms with Gasteiger partial charge >= 0.3 is 0 Å². The van der Waals surface area contributed by atoms with Crippen LogP contribution in [0, 0.1) is 0 Å². The summed E-state index contributed by atoms with van der Waals surface area (Å²) >= 11 is 3.64. The van der Waals surface area contributed by atoms with Gasteiger partial charge in [-0.2, -0.15) is 0 Å². The molecule has 0 saturated carbocycles. The zero-order valence-electron chi connectivity index (χ0n) is 31.0. The highest BCUT2D eigenvalue weighted by molar-refractivity contribution is 9.10. The first-order valence-electron chi connectivity index (χ1n) is 19.4. The molecule has 0 aliphatic heterocycles. The highest BCUT2D eigenvalue weighted by Crippen LogP contribution is 2.57. The van der Waals surface area contributed by atoms with E-state index in [0.29, 0.717) is 0 Å². The molecule has 0 aromatic heterocycles. The van der Waals surface area contributed by atoms with E-state index in [1.54, 1.807) is 0 Å². The van der Waals surface area contributed by atoms with E-state index in [1.807, 2.05) is 0 Å². The fourth-order valence-electron chi connectivity index (χ4n) is 8.18. The molecule has 0 unspecified atom stereocenters. The van der Waals surface area contributed by atoms with Crippen LogP contribution < -0.4 is 9.64 Å². The van der Waals surface area contributed by atoms with Gasteiger partial charge in [-0.1, -0.05) is 157 Å². The molecule has 0 saturated heterocycles. The minimum Gasteiger partial charge on any atom is -0.494 e. The van der Waals surface area contributed by atoms with Crippen molar-refractivity contribution in [1.82, 2.24) is 0 Å². The smallest absolute Gasteiger partial charge is 0.119 e. The maximum atomic E-state index is 6.11. The number of nitrogens with zero attached hydrogens (tertiary/aromatic N) is 1. The molecule has 0 spiro atoms. The molecule has 0 fully saturated rings. The van der Waals surface area contributed by atoms with Gasteiger partial charge in [0, 0.05) is 21.5 Å². The Morgan fingerprint density at radius 2 is 0.982 bits per heavy atom. The van der Waals surface area contributed by atoms with E-state index >= 15 is 0 Å². The van der Waals surface area contributed by atoms with E-state index in [2.05, 4.69) is 204 Å². The van der Waals surface area contributed by atoms with Crippen LogP contribution in [0.25, 0.3) is 66.4 Å². The number of halogens is 1. The lowest BCUT2D eigenvalue weighted by molar-refractivity contribution is 0.305. The van der Waals surface area contributed by atoms with Crippen molar-refractivity contribution in [2.75, 3.05) is 11.5 Å². The first-order chi connectivity index (χ1) is 27.2. The molecule has 0 heterocycles. The quantitative estimate of drug-likeness (QED) is 0.115. The zero-order chi connectivity index (χ0) is 37.1. The molecule has 8 aromatic rings. The van der Waals surface area contributed by atoms with Crippen molar-refractivity contribution in [2.45, 2.75) is 32.6 Å². The van der Waals surface area contributed by atoms with Crippen LogP contribution in [-0.4, -0.2) is 6.61 Å². The zero-order valence-corrected chi connectivity index (χ0v) is 32.6. The van der Waals surface area contributed by atoms with Gasteiger partial charge in [-0.3, -0.25) is 0 Å². The van der Waals surface area contributed by atoms with Crippen molar-refractivity contribution < 1.29 is 4.74 Å². The van der Waals surface area contributed by atoms with Gasteiger partial charge in [0.25, 0.3) is 0 Å². The third-order valence-electron chi connectivity index (χ3n) is 10.8. The fourth-order valence-corrected chi connectivity index (χ4v) is 8.45. The molecule has 1 aliphatic carbocycles. The maximum Gasteiger partial charge on any atom is 0.119 e. The lowest BCUT2D eigenvalue weighted by atomic mass is 9.86. The Labute approximate surface area is 332 Å². The Hall–Kier alpha value is -5.90. The van der Waals surface area contributed by atoms with E-state index in [0.717, 1.165) is 40.3 Å². The van der Waals surface area contributed by atoms with Crippen molar-refractivity contribution in [2.24, 2.45) is 0 Å². The number of rotatable bonds is 12.